The number of piperidine rings is 1. The number of amides is 1. The van der Waals surface area contributed by atoms with E-state index in [0.29, 0.717) is 0 Å². The number of carboxylic acids is 1. The van der Waals surface area contributed by atoms with Crippen LogP contribution in [-0.4, -0.2) is 45.5 Å². The molecule has 6 nitrogen and oxygen atoms in total. The second-order valence-corrected chi connectivity index (χ2v) is 3.41. The Bertz CT molecular complexity index is 289. The molecule has 2 atom stereocenters. The van der Waals surface area contributed by atoms with Crippen LogP contribution in [0.25, 0.3) is 0 Å². The molecule has 0 bridgehead atoms. The molecule has 0 aromatic heterocycles. The highest BCUT2D eigenvalue weighted by atomic mass is 16.4. The lowest BCUT2D eigenvalue weighted by molar-refractivity contribution is -0.140. The topological polar surface area (TPSA) is 102 Å². The van der Waals surface area contributed by atoms with E-state index >= 15 is 0 Å². The van der Waals surface area contributed by atoms with Gasteiger partial charge in [-0.15, -0.1) is 0 Å². The number of likely N-dealkylation sites (tertiary alicyclic amines) is 1. The van der Waals surface area contributed by atoms with Crippen LogP contribution >= 0.6 is 0 Å². The first-order valence-corrected chi connectivity index (χ1v) is 4.23. The number of hydrogen-bond acceptors (Lipinski definition) is 3. The molecule has 78 valence electrons. The Labute approximate surface area is 80.6 Å². The van der Waals surface area contributed by atoms with Gasteiger partial charge in [0.05, 0.1) is 12.5 Å². The lowest BCUT2D eigenvalue weighted by Crippen LogP contribution is -2.50. The van der Waals surface area contributed by atoms with Gasteiger partial charge in [0.2, 0.25) is 0 Å². The summed E-state index contributed by atoms with van der Waals surface area (Å²) in [5, 5.41) is 24.9. The smallest absolute Gasteiger partial charge is 0.407 e. The summed E-state index contributed by atoms with van der Waals surface area (Å²) in [6.07, 6.45) is -0.924. The number of aliphatic carboxylic acids is 1. The molecule has 0 saturated carbocycles. The molecule has 14 heavy (non-hydrogen) atoms. The van der Waals surface area contributed by atoms with Crippen molar-refractivity contribution in [3.63, 3.8) is 0 Å². The number of hydrogen-bond donors (Lipinski definition) is 3. The third kappa shape index (κ3) is 1.84. The normalized spacial score (nSPS) is 27.5. The van der Waals surface area contributed by atoms with Crippen molar-refractivity contribution < 1.29 is 19.8 Å². The van der Waals surface area contributed by atoms with Crippen LogP contribution in [0.4, 0.5) is 4.79 Å². The molecule has 1 fully saturated rings. The second kappa shape index (κ2) is 3.65. The molecular weight excluding hydrogens is 188 g/mol. The molecule has 1 rings (SSSR count). The lowest BCUT2D eigenvalue weighted by Gasteiger charge is -2.34. The van der Waals surface area contributed by atoms with Crippen molar-refractivity contribution in [1.82, 2.24) is 4.90 Å². The Kier molecular flexibility index (Phi) is 2.73. The maximum Gasteiger partial charge on any atom is 0.407 e. The van der Waals surface area contributed by atoms with E-state index < -0.39 is 18.0 Å². The number of rotatable bonds is 1. The zero-order valence-electron chi connectivity index (χ0n) is 7.73. The van der Waals surface area contributed by atoms with Crippen LogP contribution in [0.2, 0.25) is 0 Å². The molecule has 1 amide bonds. The first-order valence-electron chi connectivity index (χ1n) is 4.23. The van der Waals surface area contributed by atoms with Crippen molar-refractivity contribution in [2.24, 2.45) is 5.92 Å². The maximum absolute atomic E-state index is 10.7. The van der Waals surface area contributed by atoms with Gasteiger partial charge >= 0.3 is 12.1 Å². The van der Waals surface area contributed by atoms with E-state index in [0.717, 1.165) is 4.90 Å². The average Bonchev–Trinajstić information content (AvgIpc) is 2.07. The third-order valence-electron chi connectivity index (χ3n) is 2.41. The van der Waals surface area contributed by atoms with Crippen molar-refractivity contribution in [2.45, 2.75) is 19.4 Å². The molecule has 0 aromatic rings. The zero-order chi connectivity index (χ0) is 10.9. The van der Waals surface area contributed by atoms with Gasteiger partial charge < -0.3 is 20.5 Å². The fraction of sp³-hybridized carbons (Fsp3) is 0.625. The van der Waals surface area contributed by atoms with Crippen LogP contribution in [0.3, 0.4) is 0 Å². The molecule has 0 aromatic carbocycles. The quantitative estimate of drug-likeness (QED) is 0.572. The third-order valence-corrected chi connectivity index (χ3v) is 2.41. The summed E-state index contributed by atoms with van der Waals surface area (Å²) in [6, 6.07) is -0.345. The van der Waals surface area contributed by atoms with Gasteiger partial charge in [-0.1, -0.05) is 0 Å². The first-order chi connectivity index (χ1) is 6.43. The van der Waals surface area contributed by atoms with E-state index in [1.165, 1.54) is 0 Å². The highest BCUT2D eigenvalue weighted by Gasteiger charge is 2.35. The van der Waals surface area contributed by atoms with E-state index in [1.807, 2.05) is 0 Å². The molecule has 1 heterocycles. The predicted molar refractivity (Wildman–Crippen MR) is 47.7 cm³/mol. The van der Waals surface area contributed by atoms with Gasteiger partial charge in [0.1, 0.15) is 0 Å². The van der Waals surface area contributed by atoms with Crippen molar-refractivity contribution in [1.29, 1.82) is 5.41 Å². The van der Waals surface area contributed by atoms with Crippen molar-refractivity contribution in [3.05, 3.63) is 0 Å². The fourth-order valence-electron chi connectivity index (χ4n) is 1.57. The predicted octanol–water partition coefficient (Wildman–Crippen LogP) is 0.479. The van der Waals surface area contributed by atoms with E-state index in [-0.39, 0.29) is 24.7 Å². The summed E-state index contributed by atoms with van der Waals surface area (Å²) < 4.78 is 0. The second-order valence-electron chi connectivity index (χ2n) is 3.41. The average molecular weight is 200 g/mol. The van der Waals surface area contributed by atoms with Crippen LogP contribution in [0.1, 0.15) is 13.3 Å². The van der Waals surface area contributed by atoms with E-state index in [4.69, 9.17) is 15.6 Å². The van der Waals surface area contributed by atoms with Gasteiger partial charge in [-0.05, 0) is 13.3 Å². The Morgan fingerprint density at radius 3 is 2.50 bits per heavy atom. The Hall–Kier alpha value is -1.59. The van der Waals surface area contributed by atoms with Crippen molar-refractivity contribution in [2.75, 3.05) is 6.54 Å². The van der Waals surface area contributed by atoms with E-state index in [1.54, 1.807) is 6.92 Å². The molecule has 3 N–H and O–H groups in total. The summed E-state index contributed by atoms with van der Waals surface area (Å²) in [7, 11) is 0. The molecule has 1 saturated heterocycles. The summed E-state index contributed by atoms with van der Waals surface area (Å²) >= 11 is 0. The van der Waals surface area contributed by atoms with Crippen LogP contribution in [0.5, 0.6) is 0 Å². The highest BCUT2D eigenvalue weighted by Crippen LogP contribution is 2.20. The number of nitrogens with zero attached hydrogens (tertiary/aromatic N) is 1. The SMILES string of the molecule is C[C@@H]1CC(C(=O)O)C(=N)CN1C(=O)O. The van der Waals surface area contributed by atoms with Crippen LogP contribution < -0.4 is 0 Å². The number of carboxylic acid groups (broad SMARTS) is 2. The minimum absolute atomic E-state index is 0.0435. The van der Waals surface area contributed by atoms with Crippen molar-refractivity contribution in [3.8, 4) is 0 Å². The minimum Gasteiger partial charge on any atom is -0.481 e. The summed E-state index contributed by atoms with van der Waals surface area (Å²) in [4.78, 5) is 22.4. The number of carbonyl (C=O) groups is 2. The van der Waals surface area contributed by atoms with Crippen molar-refractivity contribution >= 4 is 17.8 Å². The van der Waals surface area contributed by atoms with E-state index in [9.17, 15) is 9.59 Å². The molecule has 0 aliphatic carbocycles. The molecule has 0 radical (unpaired) electrons. The van der Waals surface area contributed by atoms with Gasteiger partial charge in [-0.25, -0.2) is 4.79 Å². The summed E-state index contributed by atoms with van der Waals surface area (Å²) in [5.41, 5.74) is -0.0435. The Balaban J connectivity index is 2.76. The summed E-state index contributed by atoms with van der Waals surface area (Å²) in [5.74, 6) is -1.88. The molecule has 1 aliphatic rings. The molecule has 6 heteroatoms. The molecule has 1 unspecified atom stereocenters. The van der Waals surface area contributed by atoms with Crippen LogP contribution in [0, 0.1) is 11.3 Å². The summed E-state index contributed by atoms with van der Waals surface area (Å²) in [6.45, 7) is 1.55. The van der Waals surface area contributed by atoms with Gasteiger partial charge in [-0.3, -0.25) is 4.79 Å². The van der Waals surface area contributed by atoms with Gasteiger partial charge in [-0.2, -0.15) is 0 Å². The lowest BCUT2D eigenvalue weighted by atomic mass is 9.90. The molecular formula is C8H12N2O4. The van der Waals surface area contributed by atoms with E-state index in [2.05, 4.69) is 0 Å². The molecule has 0 spiro atoms. The Morgan fingerprint density at radius 1 is 1.50 bits per heavy atom. The number of nitrogens with one attached hydrogen (secondary N) is 1. The van der Waals surface area contributed by atoms with Gasteiger partial charge in [0.15, 0.2) is 0 Å². The zero-order valence-corrected chi connectivity index (χ0v) is 7.73. The van der Waals surface area contributed by atoms with Crippen LogP contribution in [0.15, 0.2) is 0 Å². The van der Waals surface area contributed by atoms with Gasteiger partial charge in [0.25, 0.3) is 0 Å². The standard InChI is InChI=1S/C8H12N2O4/c1-4-2-5(7(11)12)6(9)3-10(4)8(13)14/h4-5,9H,2-3H2,1H3,(H,11,12)(H,13,14)/t4-,5?/m1/s1. The van der Waals surface area contributed by atoms with Crippen LogP contribution in [-0.2, 0) is 4.79 Å². The first kappa shape index (κ1) is 10.5. The largest absolute Gasteiger partial charge is 0.481 e. The molecule has 1 aliphatic heterocycles. The minimum atomic E-state index is -1.11. The monoisotopic (exact) mass is 200 g/mol. The fourth-order valence-corrected chi connectivity index (χ4v) is 1.57. The van der Waals surface area contributed by atoms with Gasteiger partial charge in [0, 0.05) is 11.8 Å². The Morgan fingerprint density at radius 2 is 2.07 bits per heavy atom. The maximum atomic E-state index is 10.7. The highest BCUT2D eigenvalue weighted by molar-refractivity contribution is 6.02.